The van der Waals surface area contributed by atoms with Crippen molar-refractivity contribution in [2.24, 2.45) is 0 Å². The first-order valence-electron chi connectivity index (χ1n) is 20.2. The molecule has 5 aromatic carbocycles. The summed E-state index contributed by atoms with van der Waals surface area (Å²) in [4.78, 5) is 7.71. The molecule has 0 amide bonds. The van der Waals surface area contributed by atoms with Crippen LogP contribution in [0.2, 0.25) is 0 Å². The van der Waals surface area contributed by atoms with Crippen molar-refractivity contribution in [1.29, 1.82) is 0 Å². The zero-order valence-corrected chi connectivity index (χ0v) is 31.9. The van der Waals surface area contributed by atoms with Gasteiger partial charge in [-0.1, -0.05) is 141 Å². The van der Waals surface area contributed by atoms with Crippen molar-refractivity contribution >= 4 is 21.8 Å². The molecule has 0 fully saturated rings. The van der Waals surface area contributed by atoms with Gasteiger partial charge in [-0.25, -0.2) is 0 Å². The van der Waals surface area contributed by atoms with Gasteiger partial charge in [-0.2, -0.15) is 0 Å². The quantitative estimate of drug-likeness (QED) is 0.0560. The molecule has 0 aliphatic heterocycles. The average Bonchev–Trinajstić information content (AvgIpc) is 3.76. The zero-order valence-electron chi connectivity index (χ0n) is 31.9. The highest BCUT2D eigenvalue weighted by Crippen LogP contribution is 2.34. The van der Waals surface area contributed by atoms with E-state index in [4.69, 9.17) is 4.74 Å². The molecule has 54 heavy (non-hydrogen) atoms. The van der Waals surface area contributed by atoms with Crippen LogP contribution >= 0.6 is 0 Å². The van der Waals surface area contributed by atoms with E-state index in [2.05, 4.69) is 155 Å². The number of nitrogens with one attached hydrogen (secondary N) is 4. The number of aromatic amines is 2. The third-order valence-corrected chi connectivity index (χ3v) is 10.7. The summed E-state index contributed by atoms with van der Waals surface area (Å²) in [7, 11) is 0. The summed E-state index contributed by atoms with van der Waals surface area (Å²) >= 11 is 0. The number of aromatic nitrogens is 2. The molecule has 0 aliphatic rings. The van der Waals surface area contributed by atoms with Crippen LogP contribution in [-0.2, 0) is 45.3 Å². The minimum atomic E-state index is 0.506. The fourth-order valence-electron chi connectivity index (χ4n) is 7.83. The fourth-order valence-corrected chi connectivity index (χ4v) is 7.83. The zero-order chi connectivity index (χ0) is 36.8. The molecule has 0 unspecified atom stereocenters. The van der Waals surface area contributed by atoms with Crippen LogP contribution in [0.15, 0.2) is 127 Å². The second kappa shape index (κ2) is 19.3. The van der Waals surface area contributed by atoms with Gasteiger partial charge in [0.1, 0.15) is 12.4 Å². The van der Waals surface area contributed by atoms with Crippen LogP contribution < -0.4 is 15.4 Å². The Morgan fingerprint density at radius 2 is 1.22 bits per heavy atom. The standard InChI is InChI=1S/C49H56N4O/c1-2-3-4-14-25-44-41(29-32-50-31-28-37-17-8-5-9-18-37)42-24-15-23-40(49(42)53-44)36-54-47-27-16-26-45-48(47)43(30-33-51-35-39-21-12-7-13-22-39)46(52-45)34-38-19-10-6-11-20-38/h5-13,15-24,26-27,50-53H,2-4,14,25,28-36H2,1H3. The number of para-hydroxylation sites is 1. The normalized spacial score (nSPS) is 11.5. The van der Waals surface area contributed by atoms with Crippen molar-refractivity contribution in [3.63, 3.8) is 0 Å². The summed E-state index contributed by atoms with van der Waals surface area (Å²) in [6.07, 6.45) is 9.94. The molecule has 2 aromatic heterocycles. The largest absolute Gasteiger partial charge is 0.488 e. The van der Waals surface area contributed by atoms with Gasteiger partial charge in [0.05, 0.1) is 5.52 Å². The molecule has 5 nitrogen and oxygen atoms in total. The molecular weight excluding hydrogens is 661 g/mol. The van der Waals surface area contributed by atoms with Crippen LogP contribution in [0, 0.1) is 0 Å². The van der Waals surface area contributed by atoms with Gasteiger partial charge in [0.15, 0.2) is 0 Å². The van der Waals surface area contributed by atoms with Crippen molar-refractivity contribution in [1.82, 2.24) is 20.6 Å². The number of ether oxygens (including phenoxy) is 1. The number of hydrogen-bond donors (Lipinski definition) is 4. The predicted molar refractivity (Wildman–Crippen MR) is 227 cm³/mol. The van der Waals surface area contributed by atoms with Crippen molar-refractivity contribution in [2.75, 3.05) is 19.6 Å². The summed E-state index contributed by atoms with van der Waals surface area (Å²) in [6, 6.07) is 45.3. The summed E-state index contributed by atoms with van der Waals surface area (Å²) in [5, 5.41) is 9.94. The molecule has 7 aromatic rings. The van der Waals surface area contributed by atoms with Gasteiger partial charge in [-0.15, -0.1) is 0 Å². The molecule has 2 heterocycles. The lowest BCUT2D eigenvalue weighted by Gasteiger charge is -2.12. The van der Waals surface area contributed by atoms with Gasteiger partial charge in [0.25, 0.3) is 0 Å². The summed E-state index contributed by atoms with van der Waals surface area (Å²) in [5.74, 6) is 0.937. The maximum Gasteiger partial charge on any atom is 0.129 e. The monoisotopic (exact) mass is 716 g/mol. The van der Waals surface area contributed by atoms with E-state index in [1.165, 1.54) is 86.7 Å². The molecule has 0 saturated carbocycles. The van der Waals surface area contributed by atoms with Crippen LogP contribution in [0.5, 0.6) is 5.75 Å². The van der Waals surface area contributed by atoms with E-state index in [9.17, 15) is 0 Å². The third kappa shape index (κ3) is 9.71. The fraction of sp³-hybridized carbons (Fsp3) is 0.306. The van der Waals surface area contributed by atoms with E-state index in [1.807, 2.05) is 0 Å². The topological polar surface area (TPSA) is 64.9 Å². The molecule has 0 atom stereocenters. The number of hydrogen-bond acceptors (Lipinski definition) is 3. The second-order valence-electron chi connectivity index (χ2n) is 14.6. The summed E-state index contributed by atoms with van der Waals surface area (Å²) in [5.41, 5.74) is 13.0. The van der Waals surface area contributed by atoms with E-state index in [0.717, 1.165) is 69.5 Å². The molecule has 7 rings (SSSR count). The SMILES string of the molecule is CCCCCCc1[nH]c2c(COc3cccc4[nH]c(Cc5ccccc5)c(CCNCc5ccccc5)c34)cccc2c1CCNCCc1ccccc1. The van der Waals surface area contributed by atoms with Crippen LogP contribution in [0.1, 0.15) is 77.4 Å². The Balaban J connectivity index is 1.11. The molecule has 278 valence electrons. The molecule has 0 radical (unpaired) electrons. The number of benzene rings is 5. The summed E-state index contributed by atoms with van der Waals surface area (Å²) in [6.45, 7) is 6.47. The average molecular weight is 717 g/mol. The first-order valence-corrected chi connectivity index (χ1v) is 20.2. The van der Waals surface area contributed by atoms with Crippen LogP contribution in [0.3, 0.4) is 0 Å². The molecule has 0 saturated heterocycles. The molecular formula is C49H56N4O. The highest BCUT2D eigenvalue weighted by atomic mass is 16.5. The highest BCUT2D eigenvalue weighted by Gasteiger charge is 2.18. The lowest BCUT2D eigenvalue weighted by molar-refractivity contribution is 0.311. The minimum absolute atomic E-state index is 0.506. The minimum Gasteiger partial charge on any atom is -0.488 e. The Morgan fingerprint density at radius 1 is 0.537 bits per heavy atom. The van der Waals surface area contributed by atoms with E-state index >= 15 is 0 Å². The first-order chi connectivity index (χ1) is 26.8. The van der Waals surface area contributed by atoms with Gasteiger partial charge < -0.3 is 25.3 Å². The molecule has 5 heteroatoms. The molecule has 0 spiro atoms. The number of unbranched alkanes of at least 4 members (excludes halogenated alkanes) is 3. The lowest BCUT2D eigenvalue weighted by atomic mass is 10.0. The number of aryl methyl sites for hydroxylation is 1. The van der Waals surface area contributed by atoms with Gasteiger partial charge in [0, 0.05) is 46.2 Å². The van der Waals surface area contributed by atoms with Gasteiger partial charge >= 0.3 is 0 Å². The third-order valence-electron chi connectivity index (χ3n) is 10.7. The lowest BCUT2D eigenvalue weighted by Crippen LogP contribution is -2.20. The van der Waals surface area contributed by atoms with E-state index in [-0.39, 0.29) is 0 Å². The van der Waals surface area contributed by atoms with Crippen molar-refractivity contribution in [3.8, 4) is 5.75 Å². The second-order valence-corrected chi connectivity index (χ2v) is 14.6. The van der Waals surface area contributed by atoms with E-state index in [1.54, 1.807) is 0 Å². The van der Waals surface area contributed by atoms with Gasteiger partial charge in [0.2, 0.25) is 0 Å². The van der Waals surface area contributed by atoms with Crippen molar-refractivity contribution in [3.05, 3.63) is 172 Å². The Bertz CT molecular complexity index is 2170. The Hall–Kier alpha value is -5.10. The van der Waals surface area contributed by atoms with Gasteiger partial charge in [-0.05, 0) is 91.7 Å². The molecule has 0 bridgehead atoms. The van der Waals surface area contributed by atoms with Crippen LogP contribution in [0.25, 0.3) is 21.8 Å². The number of H-pyrrole nitrogens is 2. The predicted octanol–water partition coefficient (Wildman–Crippen LogP) is 10.6. The Kier molecular flexibility index (Phi) is 13.3. The number of fused-ring (bicyclic) bond motifs is 2. The maximum atomic E-state index is 6.84. The van der Waals surface area contributed by atoms with Crippen molar-refractivity contribution in [2.45, 2.75) is 77.9 Å². The smallest absolute Gasteiger partial charge is 0.129 e. The Morgan fingerprint density at radius 3 is 2.00 bits per heavy atom. The number of rotatable bonds is 21. The maximum absolute atomic E-state index is 6.84. The first kappa shape index (κ1) is 37.2. The Labute approximate surface area is 321 Å². The molecule has 4 N–H and O–H groups in total. The van der Waals surface area contributed by atoms with E-state index < -0.39 is 0 Å². The molecule has 0 aliphatic carbocycles. The van der Waals surface area contributed by atoms with Crippen LogP contribution in [0.4, 0.5) is 0 Å². The highest BCUT2D eigenvalue weighted by molar-refractivity contribution is 5.91. The van der Waals surface area contributed by atoms with Crippen molar-refractivity contribution < 1.29 is 4.74 Å². The van der Waals surface area contributed by atoms with Gasteiger partial charge in [-0.3, -0.25) is 0 Å². The van der Waals surface area contributed by atoms with Crippen LogP contribution in [-0.4, -0.2) is 29.6 Å². The van der Waals surface area contributed by atoms with E-state index in [0.29, 0.717) is 6.61 Å². The summed E-state index contributed by atoms with van der Waals surface area (Å²) < 4.78 is 6.84.